The van der Waals surface area contributed by atoms with Crippen LogP contribution in [0.15, 0.2) is 12.3 Å². The molecule has 1 heterocycles. The number of anilines is 1. The number of thiocarbonyl (C=S) groups is 1. The second-order valence-corrected chi connectivity index (χ2v) is 5.13. The van der Waals surface area contributed by atoms with Gasteiger partial charge in [0.1, 0.15) is 10.7 Å². The van der Waals surface area contributed by atoms with Crippen molar-refractivity contribution in [2.75, 3.05) is 26.0 Å². The van der Waals surface area contributed by atoms with E-state index in [-0.39, 0.29) is 10.5 Å². The van der Waals surface area contributed by atoms with Crippen molar-refractivity contribution in [3.63, 3.8) is 0 Å². The Morgan fingerprint density at radius 1 is 1.53 bits per heavy atom. The van der Waals surface area contributed by atoms with E-state index in [1.165, 1.54) is 0 Å². The van der Waals surface area contributed by atoms with Gasteiger partial charge in [0.2, 0.25) is 5.95 Å². The molecule has 0 saturated carbocycles. The summed E-state index contributed by atoms with van der Waals surface area (Å²) in [5.41, 5.74) is 6.12. The van der Waals surface area contributed by atoms with E-state index in [9.17, 15) is 0 Å². The van der Waals surface area contributed by atoms with Crippen molar-refractivity contribution >= 4 is 23.2 Å². The molecule has 17 heavy (non-hydrogen) atoms. The Labute approximate surface area is 107 Å². The molecule has 1 aromatic rings. The molecular formula is C11H19N5S. The molecule has 1 aromatic heterocycles. The van der Waals surface area contributed by atoms with Crippen LogP contribution in [-0.2, 0) is 0 Å². The van der Waals surface area contributed by atoms with Gasteiger partial charge in [-0.1, -0.05) is 12.2 Å². The number of hydrogen-bond donors (Lipinski definition) is 2. The molecule has 0 fully saturated rings. The van der Waals surface area contributed by atoms with E-state index >= 15 is 0 Å². The number of nitrogens with one attached hydrogen (secondary N) is 1. The molecule has 0 aliphatic heterocycles. The van der Waals surface area contributed by atoms with Crippen molar-refractivity contribution in [3.8, 4) is 0 Å². The van der Waals surface area contributed by atoms with Crippen LogP contribution in [0, 0.1) is 0 Å². The predicted molar refractivity (Wildman–Crippen MR) is 74.2 cm³/mol. The molecule has 0 aliphatic rings. The fraction of sp³-hybridized carbons (Fsp3) is 0.545. The minimum atomic E-state index is 0.0165. The first-order chi connectivity index (χ1) is 7.83. The minimum Gasteiger partial charge on any atom is -0.388 e. The van der Waals surface area contributed by atoms with Gasteiger partial charge in [0, 0.05) is 18.3 Å². The van der Waals surface area contributed by atoms with Crippen LogP contribution in [0.5, 0.6) is 0 Å². The highest BCUT2D eigenvalue weighted by atomic mass is 32.1. The van der Waals surface area contributed by atoms with Gasteiger partial charge in [-0.05, 0) is 34.0 Å². The van der Waals surface area contributed by atoms with Gasteiger partial charge in [-0.25, -0.2) is 9.97 Å². The third-order valence-electron chi connectivity index (χ3n) is 2.80. The number of rotatable bonds is 5. The summed E-state index contributed by atoms with van der Waals surface area (Å²) in [5.74, 6) is 0.547. The fourth-order valence-electron chi connectivity index (χ4n) is 1.03. The summed E-state index contributed by atoms with van der Waals surface area (Å²) in [7, 11) is 4.07. The van der Waals surface area contributed by atoms with E-state index in [1.807, 2.05) is 14.1 Å². The molecule has 0 amide bonds. The lowest BCUT2D eigenvalue weighted by molar-refractivity contribution is 0.209. The van der Waals surface area contributed by atoms with Crippen LogP contribution in [0.3, 0.4) is 0 Å². The first-order valence-corrected chi connectivity index (χ1v) is 5.78. The van der Waals surface area contributed by atoms with E-state index in [4.69, 9.17) is 18.0 Å². The fourth-order valence-corrected chi connectivity index (χ4v) is 1.15. The summed E-state index contributed by atoms with van der Waals surface area (Å²) < 4.78 is 0. The smallest absolute Gasteiger partial charge is 0.223 e. The van der Waals surface area contributed by atoms with Crippen molar-refractivity contribution in [1.82, 2.24) is 14.9 Å². The number of aromatic nitrogens is 2. The second-order valence-electron chi connectivity index (χ2n) is 4.69. The average Bonchev–Trinajstić information content (AvgIpc) is 2.26. The first-order valence-electron chi connectivity index (χ1n) is 5.37. The molecule has 0 unspecified atom stereocenters. The van der Waals surface area contributed by atoms with Crippen molar-refractivity contribution < 1.29 is 0 Å². The van der Waals surface area contributed by atoms with Gasteiger partial charge < -0.3 is 16.0 Å². The van der Waals surface area contributed by atoms with Gasteiger partial charge in [-0.3, -0.25) is 0 Å². The zero-order valence-electron chi connectivity index (χ0n) is 10.7. The third kappa shape index (κ3) is 3.90. The second kappa shape index (κ2) is 5.37. The summed E-state index contributed by atoms with van der Waals surface area (Å²) in [6.07, 6.45) is 1.65. The molecule has 6 heteroatoms. The minimum absolute atomic E-state index is 0.0165. The Balaban J connectivity index is 2.70. The number of nitrogens with zero attached hydrogens (tertiary/aromatic N) is 3. The van der Waals surface area contributed by atoms with Crippen molar-refractivity contribution in [1.29, 1.82) is 0 Å². The van der Waals surface area contributed by atoms with Gasteiger partial charge in [-0.2, -0.15) is 0 Å². The maximum atomic E-state index is 5.52. The standard InChI is InChI=1S/C11H19N5S/c1-11(2,16(3)4)7-14-10-13-6-5-8(15-10)9(12)17/h5-6H,7H2,1-4H3,(H2,12,17)(H,13,14,15). The molecule has 0 bridgehead atoms. The van der Waals surface area contributed by atoms with Crippen LogP contribution < -0.4 is 11.1 Å². The topological polar surface area (TPSA) is 67.1 Å². The number of hydrogen-bond acceptors (Lipinski definition) is 5. The third-order valence-corrected chi connectivity index (χ3v) is 3.01. The van der Waals surface area contributed by atoms with Crippen molar-refractivity contribution in [3.05, 3.63) is 18.0 Å². The predicted octanol–water partition coefficient (Wildman–Crippen LogP) is 0.863. The average molecular weight is 253 g/mol. The van der Waals surface area contributed by atoms with Crippen LogP contribution in [0.4, 0.5) is 5.95 Å². The molecule has 1 rings (SSSR count). The number of likely N-dealkylation sites (N-methyl/N-ethyl adjacent to an activating group) is 1. The Morgan fingerprint density at radius 3 is 2.71 bits per heavy atom. The summed E-state index contributed by atoms with van der Waals surface area (Å²) >= 11 is 4.87. The maximum absolute atomic E-state index is 5.52. The largest absolute Gasteiger partial charge is 0.388 e. The normalized spacial score (nSPS) is 11.6. The van der Waals surface area contributed by atoms with E-state index < -0.39 is 0 Å². The van der Waals surface area contributed by atoms with Gasteiger partial charge >= 0.3 is 0 Å². The highest BCUT2D eigenvalue weighted by Crippen LogP contribution is 2.10. The van der Waals surface area contributed by atoms with Gasteiger partial charge in [0.15, 0.2) is 0 Å². The van der Waals surface area contributed by atoms with Crippen LogP contribution in [0.1, 0.15) is 19.5 Å². The summed E-state index contributed by atoms with van der Waals surface area (Å²) in [5, 5.41) is 3.18. The lowest BCUT2D eigenvalue weighted by Crippen LogP contribution is -2.44. The summed E-state index contributed by atoms with van der Waals surface area (Å²) in [4.78, 5) is 10.8. The first kappa shape index (κ1) is 13.8. The van der Waals surface area contributed by atoms with Gasteiger partial charge in [0.25, 0.3) is 0 Å². The molecule has 5 nitrogen and oxygen atoms in total. The lowest BCUT2D eigenvalue weighted by Gasteiger charge is -2.32. The Bertz CT molecular complexity index is 403. The number of nitrogens with two attached hydrogens (primary N) is 1. The Hall–Kier alpha value is -1.27. The molecular weight excluding hydrogens is 234 g/mol. The molecule has 0 atom stereocenters. The zero-order valence-corrected chi connectivity index (χ0v) is 11.5. The van der Waals surface area contributed by atoms with Crippen molar-refractivity contribution in [2.24, 2.45) is 5.73 Å². The van der Waals surface area contributed by atoms with Crippen LogP contribution in [0.2, 0.25) is 0 Å². The van der Waals surface area contributed by atoms with Gasteiger partial charge in [0.05, 0.1) is 0 Å². The van der Waals surface area contributed by atoms with E-state index in [1.54, 1.807) is 12.3 Å². The zero-order chi connectivity index (χ0) is 13.1. The highest BCUT2D eigenvalue weighted by molar-refractivity contribution is 7.80. The highest BCUT2D eigenvalue weighted by Gasteiger charge is 2.20. The molecule has 0 saturated heterocycles. The molecule has 3 N–H and O–H groups in total. The van der Waals surface area contributed by atoms with Crippen LogP contribution in [-0.4, -0.2) is 46.0 Å². The maximum Gasteiger partial charge on any atom is 0.223 e. The van der Waals surface area contributed by atoms with E-state index in [0.29, 0.717) is 11.6 Å². The Morgan fingerprint density at radius 2 is 2.18 bits per heavy atom. The van der Waals surface area contributed by atoms with Crippen molar-refractivity contribution in [2.45, 2.75) is 19.4 Å². The summed E-state index contributed by atoms with van der Waals surface area (Å²) in [6, 6.07) is 1.70. The van der Waals surface area contributed by atoms with E-state index in [2.05, 4.69) is 34.0 Å². The molecule has 94 valence electrons. The molecule has 0 aromatic carbocycles. The Kier molecular flexibility index (Phi) is 4.36. The quantitative estimate of drug-likeness (QED) is 0.759. The van der Waals surface area contributed by atoms with Gasteiger partial charge in [-0.15, -0.1) is 0 Å². The SMILES string of the molecule is CN(C)C(C)(C)CNc1nccc(C(N)=S)n1. The lowest BCUT2D eigenvalue weighted by atomic mass is 10.1. The molecule has 0 aliphatic carbocycles. The van der Waals surface area contributed by atoms with Crippen LogP contribution in [0.25, 0.3) is 0 Å². The van der Waals surface area contributed by atoms with Crippen LogP contribution >= 0.6 is 12.2 Å². The van der Waals surface area contributed by atoms with E-state index in [0.717, 1.165) is 6.54 Å². The summed E-state index contributed by atoms with van der Waals surface area (Å²) in [6.45, 7) is 5.01. The molecule has 0 spiro atoms. The monoisotopic (exact) mass is 253 g/mol. The molecule has 0 radical (unpaired) electrons.